The molecule has 2 aromatic heterocycles. The fourth-order valence-corrected chi connectivity index (χ4v) is 4.17. The van der Waals surface area contributed by atoms with E-state index >= 15 is 0 Å². The SMILES string of the molecule is CCCn1c(SCc2csc(Cc3ccc(Cl)cc3)n2)n[nH]c1=O. The predicted molar refractivity (Wildman–Crippen MR) is 99.1 cm³/mol. The van der Waals surface area contributed by atoms with Crippen LogP contribution in [0.5, 0.6) is 0 Å². The van der Waals surface area contributed by atoms with Gasteiger partial charge in [0.2, 0.25) is 0 Å². The van der Waals surface area contributed by atoms with Crippen molar-refractivity contribution in [1.29, 1.82) is 0 Å². The number of H-pyrrole nitrogens is 1. The van der Waals surface area contributed by atoms with Crippen LogP contribution in [0.25, 0.3) is 0 Å². The van der Waals surface area contributed by atoms with E-state index in [2.05, 4.69) is 20.6 Å². The number of benzene rings is 1. The largest absolute Gasteiger partial charge is 0.343 e. The Balaban J connectivity index is 1.62. The number of thioether (sulfide) groups is 1. The van der Waals surface area contributed by atoms with Gasteiger partial charge in [-0.1, -0.05) is 42.4 Å². The van der Waals surface area contributed by atoms with Gasteiger partial charge in [-0.05, 0) is 24.1 Å². The highest BCUT2D eigenvalue weighted by molar-refractivity contribution is 7.98. The highest BCUT2D eigenvalue weighted by Gasteiger charge is 2.10. The molecule has 0 atom stereocenters. The molecule has 8 heteroatoms. The van der Waals surface area contributed by atoms with Crippen molar-refractivity contribution >= 4 is 34.7 Å². The Morgan fingerprint density at radius 3 is 2.88 bits per heavy atom. The molecule has 0 unspecified atom stereocenters. The summed E-state index contributed by atoms with van der Waals surface area (Å²) in [7, 11) is 0. The van der Waals surface area contributed by atoms with Crippen molar-refractivity contribution in [2.75, 3.05) is 0 Å². The van der Waals surface area contributed by atoms with Crippen molar-refractivity contribution in [3.05, 3.63) is 61.4 Å². The van der Waals surface area contributed by atoms with Crippen LogP contribution in [0, 0.1) is 0 Å². The molecule has 1 N–H and O–H groups in total. The predicted octanol–water partition coefficient (Wildman–Crippen LogP) is 3.97. The van der Waals surface area contributed by atoms with Crippen molar-refractivity contribution < 1.29 is 0 Å². The van der Waals surface area contributed by atoms with Crippen LogP contribution in [0.3, 0.4) is 0 Å². The third-order valence-corrected chi connectivity index (χ3v) is 5.55. The highest BCUT2D eigenvalue weighted by Crippen LogP contribution is 2.23. The van der Waals surface area contributed by atoms with E-state index in [9.17, 15) is 4.79 Å². The van der Waals surface area contributed by atoms with Crippen molar-refractivity contribution in [3.63, 3.8) is 0 Å². The van der Waals surface area contributed by atoms with Crippen LogP contribution in [0.1, 0.15) is 29.6 Å². The van der Waals surface area contributed by atoms with E-state index in [4.69, 9.17) is 11.6 Å². The van der Waals surface area contributed by atoms with E-state index in [1.54, 1.807) is 15.9 Å². The second kappa shape index (κ2) is 8.00. The van der Waals surface area contributed by atoms with Gasteiger partial charge in [-0.2, -0.15) is 0 Å². The first-order valence-corrected chi connectivity index (χ1v) is 9.85. The van der Waals surface area contributed by atoms with Gasteiger partial charge in [0.15, 0.2) is 5.16 Å². The zero-order valence-corrected chi connectivity index (χ0v) is 15.5. The molecule has 5 nitrogen and oxygen atoms in total. The van der Waals surface area contributed by atoms with Crippen LogP contribution in [0.4, 0.5) is 0 Å². The molecule has 1 aromatic carbocycles. The van der Waals surface area contributed by atoms with Crippen molar-refractivity contribution in [2.45, 2.75) is 37.2 Å². The molecule has 0 radical (unpaired) electrons. The standard InChI is InChI=1S/C16H17ClN4OS2/c1-2-7-21-15(22)19-20-16(21)24-10-13-9-23-14(18-13)8-11-3-5-12(17)6-4-11/h3-6,9H,2,7-8,10H2,1H3,(H,19,22). The summed E-state index contributed by atoms with van der Waals surface area (Å²) in [6.45, 7) is 2.72. The Morgan fingerprint density at radius 2 is 2.12 bits per heavy atom. The maximum Gasteiger partial charge on any atom is 0.343 e. The summed E-state index contributed by atoms with van der Waals surface area (Å²) in [5, 5.41) is 11.2. The van der Waals surface area contributed by atoms with Gasteiger partial charge >= 0.3 is 5.69 Å². The average Bonchev–Trinajstić information content (AvgIpc) is 3.16. The second-order valence-corrected chi connectivity index (χ2v) is 7.61. The number of rotatable bonds is 7. The number of nitrogens with one attached hydrogen (secondary N) is 1. The molecule has 3 aromatic rings. The fraction of sp³-hybridized carbons (Fsp3) is 0.312. The van der Waals surface area contributed by atoms with E-state index in [-0.39, 0.29) is 5.69 Å². The molecule has 2 heterocycles. The topological polar surface area (TPSA) is 63.6 Å². The highest BCUT2D eigenvalue weighted by atomic mass is 35.5. The smallest absolute Gasteiger partial charge is 0.270 e. The lowest BCUT2D eigenvalue weighted by Gasteiger charge is -2.02. The lowest BCUT2D eigenvalue weighted by atomic mass is 10.2. The Bertz CT molecular complexity index is 854. The normalized spacial score (nSPS) is 11.1. The van der Waals surface area contributed by atoms with Gasteiger partial charge < -0.3 is 0 Å². The quantitative estimate of drug-likeness (QED) is 0.630. The first-order valence-electron chi connectivity index (χ1n) is 7.61. The summed E-state index contributed by atoms with van der Waals surface area (Å²) in [6, 6.07) is 7.83. The van der Waals surface area contributed by atoms with E-state index < -0.39 is 0 Å². The summed E-state index contributed by atoms with van der Waals surface area (Å²) < 4.78 is 1.67. The molecule has 0 saturated heterocycles. The lowest BCUT2D eigenvalue weighted by Crippen LogP contribution is -2.17. The summed E-state index contributed by atoms with van der Waals surface area (Å²) in [5.74, 6) is 0.700. The number of thiazole rings is 1. The van der Waals surface area contributed by atoms with E-state index in [0.29, 0.717) is 17.5 Å². The maximum absolute atomic E-state index is 11.7. The molecule has 3 rings (SSSR count). The van der Waals surface area contributed by atoms with Crippen LogP contribution in [0.15, 0.2) is 39.6 Å². The molecular weight excluding hydrogens is 364 g/mol. The Morgan fingerprint density at radius 1 is 1.33 bits per heavy atom. The summed E-state index contributed by atoms with van der Waals surface area (Å²) in [4.78, 5) is 16.3. The van der Waals surface area contributed by atoms with Gasteiger partial charge in [-0.25, -0.2) is 14.9 Å². The number of halogens is 1. The number of hydrogen-bond acceptors (Lipinski definition) is 5. The molecule has 0 aliphatic carbocycles. The van der Waals surface area contributed by atoms with E-state index in [1.807, 2.05) is 31.2 Å². The van der Waals surface area contributed by atoms with Crippen molar-refractivity contribution in [3.8, 4) is 0 Å². The molecule has 126 valence electrons. The molecule has 0 aliphatic rings. The zero-order valence-electron chi connectivity index (χ0n) is 13.2. The lowest BCUT2D eigenvalue weighted by molar-refractivity contribution is 0.603. The van der Waals surface area contributed by atoms with Crippen LogP contribution in [-0.4, -0.2) is 19.7 Å². The third kappa shape index (κ3) is 4.28. The van der Waals surface area contributed by atoms with Gasteiger partial charge in [0, 0.05) is 29.1 Å². The summed E-state index contributed by atoms with van der Waals surface area (Å²) >= 11 is 9.09. The molecule has 0 spiro atoms. The Kier molecular flexibility index (Phi) is 5.76. The number of aromatic amines is 1. The molecule has 0 aliphatic heterocycles. The minimum atomic E-state index is -0.152. The van der Waals surface area contributed by atoms with E-state index in [1.165, 1.54) is 17.3 Å². The molecule has 0 bridgehead atoms. The molecule has 0 fully saturated rings. The first kappa shape index (κ1) is 17.3. The second-order valence-electron chi connectivity index (χ2n) is 5.29. The van der Waals surface area contributed by atoms with Gasteiger partial charge in [0.25, 0.3) is 0 Å². The van der Waals surface area contributed by atoms with Crippen LogP contribution in [-0.2, 0) is 18.7 Å². The van der Waals surface area contributed by atoms with Gasteiger partial charge in [0.05, 0.1) is 10.7 Å². The molecule has 0 saturated carbocycles. The minimum absolute atomic E-state index is 0.152. The van der Waals surface area contributed by atoms with Crippen LogP contribution in [0.2, 0.25) is 5.02 Å². The van der Waals surface area contributed by atoms with Gasteiger partial charge in [-0.3, -0.25) is 4.57 Å². The molecular formula is C16H17ClN4OS2. The Hall–Kier alpha value is -1.57. The van der Waals surface area contributed by atoms with E-state index in [0.717, 1.165) is 28.6 Å². The van der Waals surface area contributed by atoms with Crippen LogP contribution >= 0.6 is 34.7 Å². The average molecular weight is 381 g/mol. The summed E-state index contributed by atoms with van der Waals surface area (Å²) in [6.07, 6.45) is 1.70. The number of aromatic nitrogens is 4. The number of nitrogens with zero attached hydrogens (tertiary/aromatic N) is 3. The first-order chi connectivity index (χ1) is 11.7. The van der Waals surface area contributed by atoms with Crippen molar-refractivity contribution in [2.24, 2.45) is 0 Å². The maximum atomic E-state index is 11.7. The fourth-order valence-electron chi connectivity index (χ4n) is 2.25. The zero-order chi connectivity index (χ0) is 16.9. The van der Waals surface area contributed by atoms with Gasteiger partial charge in [0.1, 0.15) is 0 Å². The Labute approximate surface area is 153 Å². The van der Waals surface area contributed by atoms with Crippen molar-refractivity contribution in [1.82, 2.24) is 19.7 Å². The molecule has 0 amide bonds. The van der Waals surface area contributed by atoms with Crippen LogP contribution < -0.4 is 5.69 Å². The number of hydrogen-bond donors (Lipinski definition) is 1. The minimum Gasteiger partial charge on any atom is -0.270 e. The third-order valence-electron chi connectivity index (χ3n) is 3.39. The molecule has 24 heavy (non-hydrogen) atoms. The van der Waals surface area contributed by atoms with Gasteiger partial charge in [-0.15, -0.1) is 16.4 Å². The summed E-state index contributed by atoms with van der Waals surface area (Å²) in [5.41, 5.74) is 2.05. The monoisotopic (exact) mass is 380 g/mol.